The van der Waals surface area contributed by atoms with Crippen LogP contribution in [0.2, 0.25) is 0 Å². The molecular formula is C47H70N9O9P. The topological polar surface area (TPSA) is 258 Å². The van der Waals surface area contributed by atoms with Crippen molar-refractivity contribution in [3.63, 3.8) is 0 Å². The maximum atomic E-state index is 13.5. The zero-order valence-electron chi connectivity index (χ0n) is 39.1. The van der Waals surface area contributed by atoms with E-state index in [9.17, 15) is 20.0 Å². The standard InChI is InChI=1S/C47H70N9O9P/c1-5-6-15-18-35(2)19-16-13-11-9-7-8-10-12-14-17-24-59-28-38(60-27-36-20-21-37(26-48)41(25-36)56-34-52-33-54-56)29-61-66(57,58)62-31-47(30-49)44-43(63-46(3,4)65-44)42(64-47)39-22-23-40(55-39)45(51)53-32-50/h20-23,25,32-35,38,42-44,55H,5-19,24,27-29,31H2,1-4H3,(H,57,58)(H3,50,51,53)/t35?,38-,42+,43+,44+,47-/m1/s1. The molecular weight excluding hydrogens is 866 g/mol. The van der Waals surface area contributed by atoms with E-state index in [2.05, 4.69) is 46.0 Å². The Balaban J connectivity index is 1.11. The molecule has 0 spiro atoms. The summed E-state index contributed by atoms with van der Waals surface area (Å²) in [5.41, 5.74) is 6.60. The number of hydrogen-bond donors (Lipinski definition) is 4. The van der Waals surface area contributed by atoms with E-state index in [1.807, 2.05) is 0 Å². The maximum absolute atomic E-state index is 13.5. The molecule has 2 saturated heterocycles. The molecule has 0 amide bonds. The van der Waals surface area contributed by atoms with Crippen molar-refractivity contribution in [2.75, 3.05) is 26.4 Å². The number of nitrogens with two attached hydrogens (primary N) is 1. The van der Waals surface area contributed by atoms with Gasteiger partial charge >= 0.3 is 7.82 Å². The molecule has 0 radical (unpaired) electrons. The smallest absolute Gasteiger partial charge is 0.382 e. The number of fused-ring (bicyclic) bond motifs is 1. The molecule has 2 aromatic heterocycles. The monoisotopic (exact) mass is 936 g/mol. The van der Waals surface area contributed by atoms with Gasteiger partial charge in [0, 0.05) is 12.3 Å². The minimum atomic E-state index is -4.84. The molecule has 19 heteroatoms. The lowest BCUT2D eigenvalue weighted by molar-refractivity contribution is -0.204. The van der Waals surface area contributed by atoms with E-state index in [1.54, 1.807) is 44.2 Å². The van der Waals surface area contributed by atoms with E-state index >= 15 is 0 Å². The van der Waals surface area contributed by atoms with Crippen LogP contribution in [0.4, 0.5) is 0 Å². The zero-order chi connectivity index (χ0) is 47.4. The van der Waals surface area contributed by atoms with Crippen molar-refractivity contribution in [3.8, 4) is 17.8 Å². The van der Waals surface area contributed by atoms with Crippen LogP contribution in [-0.2, 0) is 43.9 Å². The number of nitrogens with zero attached hydrogens (tertiary/aromatic N) is 6. The number of unbranched alkanes of at least 4 members (excludes halogenated alkanes) is 11. The second-order valence-corrected chi connectivity index (χ2v) is 19.3. The number of nitriles is 2. The van der Waals surface area contributed by atoms with Gasteiger partial charge in [-0.1, -0.05) is 110 Å². The molecule has 3 aromatic rings. The summed E-state index contributed by atoms with van der Waals surface area (Å²) in [7, 11) is -4.84. The fraction of sp³-hybridized carbons (Fsp3) is 0.660. The fourth-order valence-electron chi connectivity index (χ4n) is 8.32. The van der Waals surface area contributed by atoms with Crippen LogP contribution in [0.15, 0.2) is 48.0 Å². The summed E-state index contributed by atoms with van der Waals surface area (Å²) in [5, 5.41) is 31.6. The van der Waals surface area contributed by atoms with Crippen LogP contribution in [0.5, 0.6) is 0 Å². The Bertz CT molecular complexity index is 2100. The predicted molar refractivity (Wildman–Crippen MR) is 248 cm³/mol. The molecule has 0 bridgehead atoms. The molecule has 0 aliphatic carbocycles. The predicted octanol–water partition coefficient (Wildman–Crippen LogP) is 8.88. The number of benzene rings is 1. The molecule has 0 saturated carbocycles. The minimum absolute atomic E-state index is 0.0574. The first-order chi connectivity index (χ1) is 31.8. The molecule has 7 atom stereocenters. The van der Waals surface area contributed by atoms with Crippen LogP contribution in [0.1, 0.15) is 153 Å². The summed E-state index contributed by atoms with van der Waals surface area (Å²) in [6.07, 6.45) is 19.0. The van der Waals surface area contributed by atoms with Gasteiger partial charge in [0.05, 0.1) is 36.8 Å². The van der Waals surface area contributed by atoms with Crippen molar-refractivity contribution in [2.24, 2.45) is 16.6 Å². The van der Waals surface area contributed by atoms with Gasteiger partial charge in [-0.05, 0) is 56.0 Å². The van der Waals surface area contributed by atoms with Gasteiger partial charge in [0.15, 0.2) is 5.79 Å². The van der Waals surface area contributed by atoms with E-state index in [4.69, 9.17) is 43.9 Å². The fourth-order valence-corrected chi connectivity index (χ4v) is 9.11. The third kappa shape index (κ3) is 15.9. The Labute approximate surface area is 389 Å². The van der Waals surface area contributed by atoms with Gasteiger partial charge in [0.1, 0.15) is 68.0 Å². The van der Waals surface area contributed by atoms with Gasteiger partial charge in [-0.25, -0.2) is 19.2 Å². The first-order valence-corrected chi connectivity index (χ1v) is 25.0. The van der Waals surface area contributed by atoms with Gasteiger partial charge in [-0.2, -0.15) is 15.6 Å². The number of amidine groups is 1. The molecule has 18 nitrogen and oxygen atoms in total. The number of phosphoric acid groups is 1. The molecule has 2 aliphatic rings. The van der Waals surface area contributed by atoms with Crippen LogP contribution < -0.4 is 5.73 Å². The number of ether oxygens (including phenoxy) is 5. The highest BCUT2D eigenvalue weighted by molar-refractivity contribution is 7.47. The average molecular weight is 936 g/mol. The van der Waals surface area contributed by atoms with Crippen molar-refractivity contribution in [1.82, 2.24) is 19.7 Å². The Morgan fingerprint density at radius 2 is 1.73 bits per heavy atom. The number of rotatable bonds is 32. The summed E-state index contributed by atoms with van der Waals surface area (Å²) in [6.45, 7) is 7.56. The minimum Gasteiger partial charge on any atom is -0.382 e. The number of phosphoric ester groups is 1. The van der Waals surface area contributed by atoms with Crippen LogP contribution >= 0.6 is 7.82 Å². The summed E-state index contributed by atoms with van der Waals surface area (Å²) in [6, 6.07) is 12.8. The van der Waals surface area contributed by atoms with Crippen molar-refractivity contribution in [2.45, 2.75) is 166 Å². The molecule has 2 fully saturated rings. The lowest BCUT2D eigenvalue weighted by Gasteiger charge is -2.29. The number of aromatic nitrogens is 4. The average Bonchev–Trinajstić information content (AvgIpc) is 4.12. The molecule has 362 valence electrons. The van der Waals surface area contributed by atoms with E-state index < -0.39 is 50.2 Å². The Morgan fingerprint density at radius 1 is 1.02 bits per heavy atom. The summed E-state index contributed by atoms with van der Waals surface area (Å²) < 4.78 is 56.7. The van der Waals surface area contributed by atoms with Gasteiger partial charge in [0.2, 0.25) is 5.60 Å². The second kappa shape index (κ2) is 26.3. The van der Waals surface area contributed by atoms with Gasteiger partial charge in [-0.15, -0.1) is 0 Å². The Kier molecular flexibility index (Phi) is 21.0. The second-order valence-electron chi connectivity index (χ2n) is 17.8. The summed E-state index contributed by atoms with van der Waals surface area (Å²) in [4.78, 5) is 21.8. The third-order valence-electron chi connectivity index (χ3n) is 11.9. The third-order valence-corrected chi connectivity index (χ3v) is 12.9. The SMILES string of the molecule is CCCCCC(C)CCCCCCCCCCCCOC[C@H](COP(=O)(O)OC[C@@]1(C#N)O[C@@H](c2ccc(C(N)=NC=N)[nH]2)[C@@H]2OC(C)(C)O[C@@H]21)OCc1ccc(C#N)c(-n2cncn2)c1. The van der Waals surface area contributed by atoms with Crippen molar-refractivity contribution in [1.29, 1.82) is 15.9 Å². The molecule has 5 rings (SSSR count). The van der Waals surface area contributed by atoms with Crippen LogP contribution in [-0.4, -0.2) is 92.9 Å². The largest absolute Gasteiger partial charge is 0.472 e. The lowest BCUT2D eigenvalue weighted by atomic mass is 9.96. The first-order valence-electron chi connectivity index (χ1n) is 23.5. The Hall–Kier alpha value is -4.33. The highest BCUT2D eigenvalue weighted by Gasteiger charge is 2.64. The number of hydrogen-bond acceptors (Lipinski definition) is 13. The van der Waals surface area contributed by atoms with Gasteiger partial charge < -0.3 is 39.3 Å². The van der Waals surface area contributed by atoms with E-state index in [0.717, 1.165) is 31.5 Å². The molecule has 5 N–H and O–H groups in total. The van der Waals surface area contributed by atoms with Crippen LogP contribution in [0.25, 0.3) is 5.69 Å². The molecule has 2 aliphatic heterocycles. The van der Waals surface area contributed by atoms with Gasteiger partial charge in [-0.3, -0.25) is 14.5 Å². The molecule has 66 heavy (non-hydrogen) atoms. The number of aliphatic imine (C=N–C) groups is 1. The van der Waals surface area contributed by atoms with E-state index in [0.29, 0.717) is 34.8 Å². The van der Waals surface area contributed by atoms with E-state index in [-0.39, 0.29) is 25.7 Å². The summed E-state index contributed by atoms with van der Waals surface area (Å²) in [5.74, 6) is -0.194. The number of aromatic amines is 1. The quantitative estimate of drug-likeness (QED) is 0.0197. The van der Waals surface area contributed by atoms with Crippen molar-refractivity contribution in [3.05, 3.63) is 65.5 Å². The highest BCUT2D eigenvalue weighted by atomic mass is 31.2. The number of nitrogens with one attached hydrogen (secondary N) is 2. The van der Waals surface area contributed by atoms with Gasteiger partial charge in [0.25, 0.3) is 0 Å². The number of H-pyrrole nitrogens is 1. The normalized spacial score (nSPS) is 22.0. The first kappa shape index (κ1) is 52.6. The maximum Gasteiger partial charge on any atom is 0.472 e. The van der Waals surface area contributed by atoms with Crippen LogP contribution in [0.3, 0.4) is 0 Å². The van der Waals surface area contributed by atoms with Crippen molar-refractivity contribution < 1.29 is 42.2 Å². The van der Waals surface area contributed by atoms with E-state index in [1.165, 1.54) is 94.4 Å². The summed E-state index contributed by atoms with van der Waals surface area (Å²) >= 11 is 0. The van der Waals surface area contributed by atoms with Crippen molar-refractivity contribution >= 4 is 20.0 Å². The van der Waals surface area contributed by atoms with Crippen LogP contribution in [0, 0.1) is 34.0 Å². The zero-order valence-corrected chi connectivity index (χ0v) is 40.0. The Morgan fingerprint density at radius 3 is 2.39 bits per heavy atom. The highest BCUT2D eigenvalue weighted by Crippen LogP contribution is 2.52. The lowest BCUT2D eigenvalue weighted by Crippen LogP contribution is -2.45. The molecule has 1 aromatic carbocycles. The molecule has 4 heterocycles. The molecule has 2 unspecified atom stereocenters.